The van der Waals surface area contributed by atoms with Gasteiger partial charge < -0.3 is 15.8 Å². The molecular formula is C15H22N2O2. The molecule has 0 unspecified atom stereocenters. The molecule has 1 saturated carbocycles. The second-order valence-corrected chi connectivity index (χ2v) is 5.40. The topological polar surface area (TPSA) is 64.3 Å². The number of carbonyl (C=O) groups is 1. The van der Waals surface area contributed by atoms with Gasteiger partial charge >= 0.3 is 0 Å². The Hall–Kier alpha value is -1.71. The number of carbonyl (C=O) groups excluding carboxylic acids is 1. The van der Waals surface area contributed by atoms with Crippen LogP contribution in [0.3, 0.4) is 0 Å². The van der Waals surface area contributed by atoms with Crippen molar-refractivity contribution in [2.24, 2.45) is 5.92 Å². The predicted molar refractivity (Wildman–Crippen MR) is 76.3 cm³/mol. The number of methoxy groups -OCH3 is 1. The van der Waals surface area contributed by atoms with Crippen LogP contribution in [0, 0.1) is 5.92 Å². The largest absolute Gasteiger partial charge is 0.496 e. The molecule has 1 aromatic carbocycles. The molecule has 4 heteroatoms. The molecule has 1 fully saturated rings. The van der Waals surface area contributed by atoms with E-state index in [0.717, 1.165) is 12.8 Å². The summed E-state index contributed by atoms with van der Waals surface area (Å²) in [6.45, 7) is 2.24. The van der Waals surface area contributed by atoms with E-state index in [2.05, 4.69) is 12.2 Å². The van der Waals surface area contributed by atoms with Crippen LogP contribution in [0.2, 0.25) is 0 Å². The van der Waals surface area contributed by atoms with Gasteiger partial charge in [0.15, 0.2) is 0 Å². The Bertz CT molecular complexity index is 459. The first-order chi connectivity index (χ1) is 9.10. The zero-order valence-corrected chi connectivity index (χ0v) is 11.6. The summed E-state index contributed by atoms with van der Waals surface area (Å²) in [5.74, 6) is 1.15. The molecule has 1 aliphatic rings. The van der Waals surface area contributed by atoms with Crippen LogP contribution in [0.15, 0.2) is 18.2 Å². The molecule has 0 aliphatic heterocycles. The molecule has 19 heavy (non-hydrogen) atoms. The number of nitrogen functional groups attached to an aromatic ring is 1. The lowest BCUT2D eigenvalue weighted by molar-refractivity contribution is 0.0918. The number of benzene rings is 1. The van der Waals surface area contributed by atoms with Crippen molar-refractivity contribution >= 4 is 11.6 Å². The van der Waals surface area contributed by atoms with Crippen LogP contribution in [0.5, 0.6) is 5.75 Å². The van der Waals surface area contributed by atoms with Crippen molar-refractivity contribution in [3.8, 4) is 5.75 Å². The lowest BCUT2D eigenvalue weighted by atomic mass is 9.87. The van der Waals surface area contributed by atoms with Gasteiger partial charge in [-0.2, -0.15) is 0 Å². The van der Waals surface area contributed by atoms with Crippen molar-refractivity contribution in [2.75, 3.05) is 12.8 Å². The molecule has 0 heterocycles. The molecule has 4 nitrogen and oxygen atoms in total. The number of ether oxygens (including phenoxy) is 1. The summed E-state index contributed by atoms with van der Waals surface area (Å²) in [5.41, 5.74) is 6.83. The summed E-state index contributed by atoms with van der Waals surface area (Å²) in [4.78, 5) is 12.3. The van der Waals surface area contributed by atoms with Crippen LogP contribution in [-0.4, -0.2) is 19.1 Å². The van der Waals surface area contributed by atoms with E-state index in [0.29, 0.717) is 22.9 Å². The van der Waals surface area contributed by atoms with Gasteiger partial charge in [-0.05, 0) is 37.0 Å². The smallest absolute Gasteiger partial charge is 0.255 e. The van der Waals surface area contributed by atoms with Crippen LogP contribution in [0.1, 0.15) is 43.0 Å². The Labute approximate surface area is 114 Å². The van der Waals surface area contributed by atoms with Crippen LogP contribution >= 0.6 is 0 Å². The normalized spacial score (nSPS) is 22.8. The zero-order chi connectivity index (χ0) is 13.8. The van der Waals surface area contributed by atoms with Gasteiger partial charge in [0, 0.05) is 11.7 Å². The number of anilines is 1. The zero-order valence-electron chi connectivity index (χ0n) is 11.6. The molecule has 0 aromatic heterocycles. The van der Waals surface area contributed by atoms with Crippen molar-refractivity contribution in [1.82, 2.24) is 5.32 Å². The van der Waals surface area contributed by atoms with Crippen molar-refractivity contribution < 1.29 is 9.53 Å². The van der Waals surface area contributed by atoms with Gasteiger partial charge in [-0.3, -0.25) is 4.79 Å². The fourth-order valence-electron chi connectivity index (χ4n) is 2.73. The minimum atomic E-state index is -0.0942. The molecule has 0 radical (unpaired) electrons. The summed E-state index contributed by atoms with van der Waals surface area (Å²) in [6, 6.07) is 5.40. The van der Waals surface area contributed by atoms with Crippen molar-refractivity contribution in [3.63, 3.8) is 0 Å². The summed E-state index contributed by atoms with van der Waals surface area (Å²) in [5, 5.41) is 3.09. The maximum atomic E-state index is 12.3. The first-order valence-electron chi connectivity index (χ1n) is 6.84. The van der Waals surface area contributed by atoms with E-state index in [9.17, 15) is 4.79 Å². The minimum Gasteiger partial charge on any atom is -0.496 e. The van der Waals surface area contributed by atoms with Gasteiger partial charge in [-0.1, -0.05) is 19.8 Å². The van der Waals surface area contributed by atoms with Gasteiger partial charge in [0.05, 0.1) is 12.7 Å². The minimum absolute atomic E-state index is 0.0942. The number of nitrogens with two attached hydrogens (primary N) is 1. The lowest BCUT2D eigenvalue weighted by Gasteiger charge is -2.27. The third kappa shape index (κ3) is 3.40. The Morgan fingerprint density at radius 1 is 1.42 bits per heavy atom. The highest BCUT2D eigenvalue weighted by molar-refractivity contribution is 5.98. The fraction of sp³-hybridized carbons (Fsp3) is 0.533. The van der Waals surface area contributed by atoms with Crippen LogP contribution in [0.4, 0.5) is 5.69 Å². The summed E-state index contributed by atoms with van der Waals surface area (Å²) in [6.07, 6.45) is 4.55. The number of rotatable bonds is 3. The van der Waals surface area contributed by atoms with Crippen LogP contribution in [-0.2, 0) is 0 Å². The molecule has 1 aliphatic carbocycles. The Kier molecular flexibility index (Phi) is 4.30. The molecule has 2 rings (SSSR count). The first kappa shape index (κ1) is 13.7. The third-order valence-corrected chi connectivity index (χ3v) is 3.74. The van der Waals surface area contributed by atoms with E-state index in [4.69, 9.17) is 10.5 Å². The van der Waals surface area contributed by atoms with E-state index in [-0.39, 0.29) is 11.9 Å². The highest BCUT2D eigenvalue weighted by Gasteiger charge is 2.22. The summed E-state index contributed by atoms with van der Waals surface area (Å²) >= 11 is 0. The Morgan fingerprint density at radius 3 is 2.89 bits per heavy atom. The lowest BCUT2D eigenvalue weighted by Crippen LogP contribution is -2.38. The standard InChI is InChI=1S/C15H22N2O2/c1-10-4-3-5-12(8-10)17-15(18)13-9-11(16)6-7-14(13)19-2/h6-7,9-10,12H,3-5,8,16H2,1-2H3,(H,17,18)/t10-,12+/m0/s1. The number of hydrogen-bond acceptors (Lipinski definition) is 3. The van der Waals surface area contributed by atoms with E-state index < -0.39 is 0 Å². The predicted octanol–water partition coefficient (Wildman–Crippen LogP) is 2.59. The second-order valence-electron chi connectivity index (χ2n) is 5.40. The van der Waals surface area contributed by atoms with Gasteiger partial charge in [-0.25, -0.2) is 0 Å². The second kappa shape index (κ2) is 5.95. The first-order valence-corrected chi connectivity index (χ1v) is 6.84. The SMILES string of the molecule is COc1ccc(N)cc1C(=O)N[C@@H]1CCC[C@H](C)C1. The molecule has 1 amide bonds. The fourth-order valence-corrected chi connectivity index (χ4v) is 2.73. The number of nitrogens with one attached hydrogen (secondary N) is 1. The quantitative estimate of drug-likeness (QED) is 0.823. The molecule has 0 bridgehead atoms. The summed E-state index contributed by atoms with van der Waals surface area (Å²) < 4.78 is 5.22. The molecule has 0 spiro atoms. The molecule has 0 saturated heterocycles. The molecular weight excluding hydrogens is 240 g/mol. The Balaban J connectivity index is 2.09. The van der Waals surface area contributed by atoms with Crippen LogP contribution < -0.4 is 15.8 Å². The molecule has 3 N–H and O–H groups in total. The Morgan fingerprint density at radius 2 is 2.21 bits per heavy atom. The van der Waals surface area contributed by atoms with Crippen molar-refractivity contribution in [3.05, 3.63) is 23.8 Å². The van der Waals surface area contributed by atoms with E-state index in [1.165, 1.54) is 12.8 Å². The molecule has 2 atom stereocenters. The monoisotopic (exact) mass is 262 g/mol. The van der Waals surface area contributed by atoms with E-state index in [1.807, 2.05) is 0 Å². The molecule has 1 aromatic rings. The highest BCUT2D eigenvalue weighted by Crippen LogP contribution is 2.25. The number of amides is 1. The van der Waals surface area contributed by atoms with Crippen molar-refractivity contribution in [1.29, 1.82) is 0 Å². The van der Waals surface area contributed by atoms with E-state index >= 15 is 0 Å². The maximum absolute atomic E-state index is 12.3. The van der Waals surface area contributed by atoms with Gasteiger partial charge in [-0.15, -0.1) is 0 Å². The van der Waals surface area contributed by atoms with Gasteiger partial charge in [0.1, 0.15) is 5.75 Å². The van der Waals surface area contributed by atoms with Gasteiger partial charge in [0.25, 0.3) is 5.91 Å². The van der Waals surface area contributed by atoms with Gasteiger partial charge in [0.2, 0.25) is 0 Å². The van der Waals surface area contributed by atoms with Crippen molar-refractivity contribution in [2.45, 2.75) is 38.6 Å². The third-order valence-electron chi connectivity index (χ3n) is 3.74. The van der Waals surface area contributed by atoms with E-state index in [1.54, 1.807) is 25.3 Å². The average molecular weight is 262 g/mol. The maximum Gasteiger partial charge on any atom is 0.255 e. The molecule has 104 valence electrons. The number of hydrogen-bond donors (Lipinski definition) is 2. The highest BCUT2D eigenvalue weighted by atomic mass is 16.5. The summed E-state index contributed by atoms with van der Waals surface area (Å²) in [7, 11) is 1.56. The average Bonchev–Trinajstić information content (AvgIpc) is 2.38. The van der Waals surface area contributed by atoms with Crippen LogP contribution in [0.25, 0.3) is 0 Å².